The van der Waals surface area contributed by atoms with E-state index < -0.39 is 60.6 Å². The summed E-state index contributed by atoms with van der Waals surface area (Å²) in [5.74, 6) is -2.09. The van der Waals surface area contributed by atoms with E-state index in [9.17, 15) is 9.59 Å². The molecule has 0 aromatic rings. The lowest BCUT2D eigenvalue weighted by molar-refractivity contribution is -0.247. The molecule has 1 heterocycles. The Labute approximate surface area is 208 Å². The number of alkyl halides is 3. The average Bonchev–Trinajstić information content (AvgIpc) is 2.62. The number of ether oxygens (including phenoxy) is 4. The summed E-state index contributed by atoms with van der Waals surface area (Å²) in [7, 11) is -2.51. The van der Waals surface area contributed by atoms with E-state index in [-0.39, 0.29) is 11.6 Å². The lowest BCUT2D eigenvalue weighted by atomic mass is 9.97. The number of azide groups is 1. The number of carbonyl (C=O) groups excluding carboxylic acids is 2. The molecule has 188 valence electrons. The second-order valence-corrected chi connectivity index (χ2v) is 15.9. The van der Waals surface area contributed by atoms with Gasteiger partial charge in [0.1, 0.15) is 31.0 Å². The molecule has 11 nitrogen and oxygen atoms in total. The molecule has 1 aliphatic rings. The lowest BCUT2D eigenvalue weighted by Crippen LogP contribution is -2.64. The van der Waals surface area contributed by atoms with Crippen LogP contribution in [0.5, 0.6) is 0 Å². The van der Waals surface area contributed by atoms with Crippen molar-refractivity contribution in [2.24, 2.45) is 5.11 Å². The number of esters is 2. The van der Waals surface area contributed by atoms with Crippen molar-refractivity contribution in [1.82, 2.24) is 0 Å². The van der Waals surface area contributed by atoms with Crippen LogP contribution < -0.4 is 0 Å². The number of carbonyl (C=O) groups is 2. The van der Waals surface area contributed by atoms with Crippen LogP contribution >= 0.6 is 34.8 Å². The van der Waals surface area contributed by atoms with Crippen molar-refractivity contribution in [3.63, 3.8) is 0 Å². The van der Waals surface area contributed by atoms with Gasteiger partial charge in [0.05, 0.1) is 0 Å². The van der Waals surface area contributed by atoms with Crippen LogP contribution in [-0.4, -0.2) is 67.2 Å². The van der Waals surface area contributed by atoms with Crippen molar-refractivity contribution in [2.75, 3.05) is 6.61 Å². The van der Waals surface area contributed by atoms with E-state index in [1.165, 1.54) is 13.8 Å². The van der Waals surface area contributed by atoms with Gasteiger partial charge >= 0.3 is 11.9 Å². The maximum Gasteiger partial charge on any atom is 0.303 e. The third kappa shape index (κ3) is 8.47. The smallest absolute Gasteiger partial charge is 0.303 e. The van der Waals surface area contributed by atoms with Gasteiger partial charge in [-0.3, -0.25) is 15.0 Å². The monoisotopic (exact) mass is 546 g/mol. The highest BCUT2D eigenvalue weighted by molar-refractivity contribution is 6.76. The third-order valence-corrected chi connectivity index (χ3v) is 10.3. The van der Waals surface area contributed by atoms with Crippen LogP contribution in [0.3, 0.4) is 0 Å². The summed E-state index contributed by atoms with van der Waals surface area (Å²) in [4.78, 5) is 26.2. The summed E-state index contributed by atoms with van der Waals surface area (Å²) in [6, 6.07) is -1.31. The van der Waals surface area contributed by atoms with E-state index in [4.69, 9.17) is 69.1 Å². The largest absolute Gasteiger partial charge is 0.463 e. The van der Waals surface area contributed by atoms with E-state index in [0.29, 0.717) is 0 Å². The summed E-state index contributed by atoms with van der Waals surface area (Å²) in [5.41, 5.74) is 9.15. The highest BCUT2D eigenvalue weighted by Gasteiger charge is 2.54. The summed E-state index contributed by atoms with van der Waals surface area (Å²) in [6.07, 6.45) is -4.74. The summed E-state index contributed by atoms with van der Waals surface area (Å²) < 4.78 is 26.1. The number of hydrogen-bond acceptors (Lipinski definition) is 9. The Bertz CT molecular complexity index is 797. The Kier molecular flexibility index (Phi) is 10.3. The van der Waals surface area contributed by atoms with Crippen LogP contribution in [0.1, 0.15) is 34.6 Å². The fourth-order valence-corrected chi connectivity index (χ4v) is 4.13. The minimum absolute atomic E-state index is 0.251. The van der Waals surface area contributed by atoms with Gasteiger partial charge in [-0.25, -0.2) is 0 Å². The van der Waals surface area contributed by atoms with Crippen molar-refractivity contribution in [3.8, 4) is 0 Å². The second kappa shape index (κ2) is 11.4. The number of hydrogen-bond donors (Lipinski definition) is 1. The minimum Gasteiger partial charge on any atom is -0.463 e. The van der Waals surface area contributed by atoms with Crippen molar-refractivity contribution in [3.05, 3.63) is 10.4 Å². The van der Waals surface area contributed by atoms with Gasteiger partial charge in [-0.1, -0.05) is 60.7 Å². The Balaban J connectivity index is 3.52. The molecule has 1 rings (SSSR count). The zero-order chi connectivity index (χ0) is 25.8. The molecule has 0 radical (unpaired) electrons. The molecule has 0 aromatic carbocycles. The van der Waals surface area contributed by atoms with Gasteiger partial charge in [-0.05, 0) is 23.7 Å². The maximum atomic E-state index is 12.0. The molecule has 15 heteroatoms. The zero-order valence-corrected chi connectivity index (χ0v) is 22.7. The number of nitrogens with zero attached hydrogens (tertiary/aromatic N) is 3. The predicted octanol–water partition coefficient (Wildman–Crippen LogP) is 4.64. The van der Waals surface area contributed by atoms with Crippen LogP contribution in [0.25, 0.3) is 10.4 Å². The Morgan fingerprint density at radius 1 is 1.12 bits per heavy atom. The first-order chi connectivity index (χ1) is 14.9. The van der Waals surface area contributed by atoms with E-state index in [2.05, 4.69) is 10.0 Å². The Morgan fingerprint density at radius 3 is 2.12 bits per heavy atom. The van der Waals surface area contributed by atoms with Gasteiger partial charge < -0.3 is 23.4 Å². The molecule has 0 bridgehead atoms. The number of halogens is 3. The molecule has 0 saturated carbocycles. The van der Waals surface area contributed by atoms with Crippen molar-refractivity contribution >= 4 is 61.0 Å². The fraction of sp³-hybridized carbons (Fsp3) is 0.833. The van der Waals surface area contributed by atoms with Gasteiger partial charge in [-0.2, -0.15) is 0 Å². The maximum absolute atomic E-state index is 12.0. The SMILES string of the molecule is CC(=O)OC[C@H]1OC(OC(=N)C(Cl)(Cl)Cl)[C@H](N=[N+]=[N-])[C@@H](OC(C)=O)[C@@H]1O[Si](C)(C)C(C)(C)C. The number of nitrogens with one attached hydrogen (secondary N) is 1. The molecular weight excluding hydrogens is 519 g/mol. The van der Waals surface area contributed by atoms with Gasteiger partial charge in [0, 0.05) is 18.8 Å². The van der Waals surface area contributed by atoms with E-state index in [0.717, 1.165) is 0 Å². The molecule has 0 spiro atoms. The van der Waals surface area contributed by atoms with Crippen LogP contribution in [0.15, 0.2) is 5.11 Å². The lowest BCUT2D eigenvalue weighted by Gasteiger charge is -2.48. The van der Waals surface area contributed by atoms with Crippen molar-refractivity contribution in [1.29, 1.82) is 5.41 Å². The molecule has 0 aromatic heterocycles. The molecule has 1 aliphatic heterocycles. The standard InChI is InChI=1S/C18H29Cl3N4O7Si/c1-9(26)28-8-11-13(32-33(6,7)17(3,4)5)14(29-10(2)27)12(24-25-23)15(30-11)31-16(22)18(19,20)21/h11-15,22H,8H2,1-7H3/t11-,12-,13-,14-,15?/m1/s1. The van der Waals surface area contributed by atoms with Crippen LogP contribution in [-0.2, 0) is 33.0 Å². The van der Waals surface area contributed by atoms with E-state index in [1.807, 2.05) is 33.9 Å². The van der Waals surface area contributed by atoms with Crippen molar-refractivity contribution < 1.29 is 33.0 Å². The van der Waals surface area contributed by atoms with Crippen molar-refractivity contribution in [2.45, 2.75) is 87.2 Å². The van der Waals surface area contributed by atoms with Crippen LogP contribution in [0.4, 0.5) is 0 Å². The van der Waals surface area contributed by atoms with Gasteiger partial charge in [0.2, 0.25) is 12.2 Å². The molecule has 0 aliphatic carbocycles. The van der Waals surface area contributed by atoms with Gasteiger partial charge in [-0.15, -0.1) is 0 Å². The van der Waals surface area contributed by atoms with Gasteiger partial charge in [0.25, 0.3) is 3.79 Å². The molecule has 5 atom stereocenters. The molecule has 0 amide bonds. The highest BCUT2D eigenvalue weighted by atomic mass is 35.6. The topological polar surface area (TPSA) is 153 Å². The molecule has 1 unspecified atom stereocenters. The zero-order valence-electron chi connectivity index (χ0n) is 19.4. The predicted molar refractivity (Wildman–Crippen MR) is 125 cm³/mol. The van der Waals surface area contributed by atoms with E-state index in [1.54, 1.807) is 0 Å². The molecule has 1 fully saturated rings. The summed E-state index contributed by atoms with van der Waals surface area (Å²) in [6.45, 7) is 12.0. The van der Waals surface area contributed by atoms with E-state index >= 15 is 0 Å². The van der Waals surface area contributed by atoms with Crippen LogP contribution in [0, 0.1) is 5.41 Å². The first-order valence-corrected chi connectivity index (χ1v) is 14.0. The highest BCUT2D eigenvalue weighted by Crippen LogP contribution is 2.41. The third-order valence-electron chi connectivity index (χ3n) is 5.28. The second-order valence-electron chi connectivity index (χ2n) is 8.90. The minimum atomic E-state index is -2.51. The first kappa shape index (κ1) is 29.8. The normalized spacial score (nSPS) is 26.1. The van der Waals surface area contributed by atoms with Crippen LogP contribution in [0.2, 0.25) is 18.1 Å². The fourth-order valence-electron chi connectivity index (χ4n) is 2.67. The average molecular weight is 548 g/mol. The van der Waals surface area contributed by atoms with Gasteiger partial charge in [0.15, 0.2) is 8.32 Å². The molecular formula is C18H29Cl3N4O7Si. The summed E-state index contributed by atoms with van der Waals surface area (Å²) >= 11 is 17.1. The Morgan fingerprint density at radius 2 is 1.70 bits per heavy atom. The Hall–Kier alpha value is -1.27. The quantitative estimate of drug-likeness (QED) is 0.0712. The molecule has 1 N–H and O–H groups in total. The first-order valence-electron chi connectivity index (χ1n) is 9.91. The number of rotatable bonds is 7. The summed E-state index contributed by atoms with van der Waals surface area (Å²) in [5, 5.41) is 11.3. The molecule has 1 saturated heterocycles. The molecule has 33 heavy (non-hydrogen) atoms.